The third-order valence-electron chi connectivity index (χ3n) is 22.8. The van der Waals surface area contributed by atoms with Crippen LogP contribution in [0.1, 0.15) is 105 Å². The summed E-state index contributed by atoms with van der Waals surface area (Å²) in [5.41, 5.74) is 30.3. The number of nitrogen functional groups attached to an aromatic ring is 3. The molecule has 0 bridgehead atoms. The summed E-state index contributed by atoms with van der Waals surface area (Å²) >= 11 is 0. The van der Waals surface area contributed by atoms with E-state index in [-0.39, 0.29) is 41.7 Å². The molecule has 3 saturated carbocycles. The van der Waals surface area contributed by atoms with E-state index in [9.17, 15) is 24.0 Å². The molecular formula is C93H98FN19O6. The summed E-state index contributed by atoms with van der Waals surface area (Å²) in [4.78, 5) is 77.7. The van der Waals surface area contributed by atoms with Crippen LogP contribution in [-0.2, 0) is 14.4 Å². The lowest BCUT2D eigenvalue weighted by atomic mass is 10.0. The number of para-hydroxylation sites is 2. The second kappa shape index (κ2) is 35.4. The van der Waals surface area contributed by atoms with Gasteiger partial charge in [-0.25, -0.2) is 34.3 Å². The van der Waals surface area contributed by atoms with Gasteiger partial charge in [-0.15, -0.1) is 0 Å². The van der Waals surface area contributed by atoms with E-state index >= 15 is 0 Å². The summed E-state index contributed by atoms with van der Waals surface area (Å²) in [5, 5.41) is 12.7. The predicted octanol–water partition coefficient (Wildman–Crippen LogP) is 15.4. The predicted molar refractivity (Wildman–Crippen MR) is 461 cm³/mol. The lowest BCUT2D eigenvalue weighted by molar-refractivity contribution is -0.125. The molecule has 6 aromatic heterocycles. The molecule has 3 atom stereocenters. The molecule has 26 heteroatoms. The molecule has 25 nitrogen and oxygen atoms in total. The quantitative estimate of drug-likeness (QED) is 0.0474. The minimum absolute atomic E-state index is 0.0345. The van der Waals surface area contributed by atoms with Gasteiger partial charge in [-0.05, 0) is 194 Å². The van der Waals surface area contributed by atoms with E-state index in [4.69, 9.17) is 41.4 Å². The molecule has 0 spiro atoms. The molecule has 3 aliphatic heterocycles. The van der Waals surface area contributed by atoms with Crippen molar-refractivity contribution >= 4 is 68.3 Å². The van der Waals surface area contributed by atoms with E-state index in [2.05, 4.69) is 59.2 Å². The van der Waals surface area contributed by atoms with Gasteiger partial charge in [-0.2, -0.15) is 5.26 Å². The number of hydrogen-bond acceptors (Lipinski definition) is 19. The van der Waals surface area contributed by atoms with E-state index < -0.39 is 0 Å². The summed E-state index contributed by atoms with van der Waals surface area (Å²) in [6.45, 7) is 6.03. The van der Waals surface area contributed by atoms with Gasteiger partial charge < -0.3 is 69.6 Å². The number of anilines is 3. The zero-order valence-corrected chi connectivity index (χ0v) is 67.6. The topological polar surface area (TPSA) is 292 Å². The number of likely N-dealkylation sites (tertiary alicyclic amines) is 3. The number of carbonyl (C=O) groups excluding carboxylic acids is 3. The third kappa shape index (κ3) is 17.9. The number of ether oxygens (including phenoxy) is 3. The molecule has 9 heterocycles. The molecule has 3 saturated heterocycles. The molecule has 0 radical (unpaired) electrons. The normalized spacial score (nSPS) is 17.3. The van der Waals surface area contributed by atoms with Gasteiger partial charge in [0, 0.05) is 117 Å². The molecule has 3 amide bonds. The number of nitriles is 1. The molecule has 6 aromatic carbocycles. The molecule has 119 heavy (non-hydrogen) atoms. The summed E-state index contributed by atoms with van der Waals surface area (Å²) in [7, 11) is 10.0. The first-order valence-corrected chi connectivity index (χ1v) is 40.8. The van der Waals surface area contributed by atoms with Gasteiger partial charge in [-0.3, -0.25) is 19.3 Å². The Balaban J connectivity index is 0.000000133. The van der Waals surface area contributed by atoms with E-state index in [1.54, 1.807) is 36.7 Å². The van der Waals surface area contributed by atoms with Crippen molar-refractivity contribution < 1.29 is 33.0 Å². The molecule has 0 unspecified atom stereocenters. The highest BCUT2D eigenvalue weighted by atomic mass is 19.1. The van der Waals surface area contributed by atoms with Crippen LogP contribution in [0.25, 0.3) is 66.5 Å². The maximum absolute atomic E-state index is 13.6. The summed E-state index contributed by atoms with van der Waals surface area (Å²) in [6, 6.07) is 52.2. The highest BCUT2D eigenvalue weighted by Crippen LogP contribution is 2.53. The minimum Gasteiger partial charge on any atom is -0.457 e. The van der Waals surface area contributed by atoms with Crippen molar-refractivity contribution in [2.45, 2.75) is 93.8 Å². The number of likely N-dealkylation sites (N-methyl/N-ethyl adjacent to an activating group) is 3. The highest BCUT2D eigenvalue weighted by Gasteiger charge is 2.41. The number of carbonyl (C=O) groups is 3. The third-order valence-corrected chi connectivity index (χ3v) is 22.8. The lowest BCUT2D eigenvalue weighted by Gasteiger charge is -2.19. The number of fused-ring (bicyclic) bond motifs is 3. The van der Waals surface area contributed by atoms with Crippen LogP contribution in [0, 0.1) is 17.1 Å². The largest absolute Gasteiger partial charge is 0.457 e. The summed E-state index contributed by atoms with van der Waals surface area (Å²) in [5.74, 6) is 5.89. The number of nitrogens with zero attached hydrogens (tertiary/aromatic N) is 16. The van der Waals surface area contributed by atoms with Gasteiger partial charge in [0.25, 0.3) is 0 Å². The number of hydrogen-bond donors (Lipinski definition) is 3. The van der Waals surface area contributed by atoms with Gasteiger partial charge in [0.15, 0.2) is 0 Å². The van der Waals surface area contributed by atoms with Crippen LogP contribution in [-0.4, -0.2) is 191 Å². The minimum atomic E-state index is -0.342. The van der Waals surface area contributed by atoms with Gasteiger partial charge in [0.1, 0.15) is 105 Å². The molecule has 6 N–H and O–H groups in total. The number of amides is 3. The second-order valence-electron chi connectivity index (χ2n) is 31.9. The number of nitrogens with two attached hydrogens (primary N) is 3. The first kappa shape index (κ1) is 79.7. The number of benzene rings is 6. The molecule has 6 aliphatic rings. The maximum atomic E-state index is 13.6. The Bertz CT molecular complexity index is 5810. The molecule has 12 aromatic rings. The fourth-order valence-electron chi connectivity index (χ4n) is 16.6. The van der Waals surface area contributed by atoms with Gasteiger partial charge in [0.05, 0.1) is 34.3 Å². The Morgan fingerprint density at radius 2 is 0.790 bits per heavy atom. The van der Waals surface area contributed by atoms with Crippen molar-refractivity contribution in [1.29, 1.82) is 5.26 Å². The Hall–Kier alpha value is -13.1. The average Bonchev–Trinajstić information content (AvgIpc) is 1.58. The van der Waals surface area contributed by atoms with E-state index in [1.807, 2.05) is 197 Å². The number of halogens is 1. The van der Waals surface area contributed by atoms with Crippen molar-refractivity contribution in [3.8, 4) is 73.9 Å². The van der Waals surface area contributed by atoms with Crippen LogP contribution < -0.4 is 31.4 Å². The van der Waals surface area contributed by atoms with Crippen molar-refractivity contribution in [2.75, 3.05) is 111 Å². The smallest absolute Gasteiger partial charge is 0.246 e. The van der Waals surface area contributed by atoms with Crippen molar-refractivity contribution in [1.82, 2.24) is 73.0 Å². The monoisotopic (exact) mass is 1600 g/mol. The average molecular weight is 1600 g/mol. The first-order chi connectivity index (χ1) is 57.9. The van der Waals surface area contributed by atoms with Gasteiger partial charge in [-0.1, -0.05) is 97.1 Å². The molecular weight excluding hydrogens is 1500 g/mol. The number of aromatic nitrogens is 9. The van der Waals surface area contributed by atoms with E-state index in [0.29, 0.717) is 121 Å². The fraction of sp³-hybridized carbons (Fsp3) is 0.312. The highest BCUT2D eigenvalue weighted by molar-refractivity contribution is 6.06. The van der Waals surface area contributed by atoms with Crippen LogP contribution in [0.5, 0.6) is 34.5 Å². The van der Waals surface area contributed by atoms with Crippen LogP contribution in [0.15, 0.2) is 213 Å². The maximum Gasteiger partial charge on any atom is 0.246 e. The Morgan fingerprint density at radius 1 is 0.437 bits per heavy atom. The molecule has 18 rings (SSSR count). The Kier molecular flexibility index (Phi) is 23.7. The van der Waals surface area contributed by atoms with Gasteiger partial charge >= 0.3 is 0 Å². The zero-order valence-electron chi connectivity index (χ0n) is 67.6. The van der Waals surface area contributed by atoms with Crippen molar-refractivity contribution in [3.05, 3.63) is 236 Å². The van der Waals surface area contributed by atoms with Crippen LogP contribution in [0.2, 0.25) is 0 Å². The van der Waals surface area contributed by atoms with Crippen LogP contribution in [0.3, 0.4) is 0 Å². The Morgan fingerprint density at radius 3 is 1.17 bits per heavy atom. The zero-order chi connectivity index (χ0) is 82.4. The fourth-order valence-corrected chi connectivity index (χ4v) is 16.6. The molecule has 3 aliphatic carbocycles. The SMILES string of the molecule is CN(C)C/C=C/C(=O)N1CC[C@@H](n2c(C#N)c(-c3ccc(Oc4ccccc4)cc3)c3c(N)ncnc32)C1.CN(C)C/C=C/C(=O)N1CC[C@@H](n2c(C3CC3)c(-c3ccc(Oc4ccccc4)cc3)c3c(N)ncnc32)C1.CN(C/C=C/C(=O)N1CC[C@@H](n2c(C3CC3)c(-c3ccc(Oc4cccc(F)c4)cc3)c3c(N)ncnc32)C1)C1CC1. The van der Waals surface area contributed by atoms with Crippen molar-refractivity contribution in [3.63, 3.8) is 0 Å². The second-order valence-corrected chi connectivity index (χ2v) is 31.9. The number of rotatable bonds is 24. The molecule has 608 valence electrons. The molecule has 6 fully saturated rings. The van der Waals surface area contributed by atoms with E-state index in [1.165, 1.54) is 49.0 Å². The standard InChI is InChI=1S/C33H35FN6O2.C31H34N6O2.C29H29N7O2/c1-38(24-11-12-24)16-3-6-28(41)39-17-15-25(19-39)40-31(22-7-8-22)29(30-32(35)36-20-37-33(30)40)21-9-13-26(14-10-21)42-27-5-2-4-23(34)18-27;1-35(2)17-6-9-26(38)36-18-16-23(19-36)37-29(22-10-11-22)27(28-30(32)33-20-34-31(28)37)21-12-14-25(15-13-21)39-24-7-4-3-5-8-24;1-34(2)15-6-9-25(37)35-16-14-21(18-35)36-24(17-30)26(27-28(31)32-19-33-29(27)36)20-10-12-23(13-11-20)38-22-7-4-3-5-8-22/h2-6,9-10,13-14,18,20,22,24-25H,7-8,11-12,15-17,19H2,1H3,(H2,35,36,37);3-9,12-15,20,22-23H,10-11,16-19H2,1-2H3,(H2,32,33,34);3-13,19,21H,14-16,18H2,1-2H3,(H2,31,32,33)/b6-3+;2*9-6+/t25-;23-;21-/m111/s1. The van der Waals surface area contributed by atoms with E-state index in [0.717, 1.165) is 125 Å². The Labute approximate surface area is 691 Å². The first-order valence-electron chi connectivity index (χ1n) is 40.8. The van der Waals surface area contributed by atoms with Gasteiger partial charge in [0.2, 0.25) is 17.7 Å². The summed E-state index contributed by atoms with van der Waals surface area (Å²) in [6.07, 6.45) is 24.7. The van der Waals surface area contributed by atoms with Crippen LogP contribution >= 0.6 is 0 Å². The van der Waals surface area contributed by atoms with Crippen molar-refractivity contribution in [2.24, 2.45) is 0 Å². The van der Waals surface area contributed by atoms with Crippen LogP contribution in [0.4, 0.5) is 21.8 Å². The lowest BCUT2D eigenvalue weighted by Crippen LogP contribution is -2.28. The summed E-state index contributed by atoms with van der Waals surface area (Å²) < 4.78 is 38.1.